The van der Waals surface area contributed by atoms with Gasteiger partial charge in [0.1, 0.15) is 16.3 Å². The Kier molecular flexibility index (Phi) is 5.50. The molecular weight excluding hydrogens is 298 g/mol. The Labute approximate surface area is 133 Å². The summed E-state index contributed by atoms with van der Waals surface area (Å²) in [5.74, 6) is -0.315. The van der Waals surface area contributed by atoms with E-state index < -0.39 is 5.25 Å². The molecule has 0 bridgehead atoms. The van der Waals surface area contributed by atoms with Crippen molar-refractivity contribution in [2.24, 2.45) is 0 Å². The molecule has 6 heteroatoms. The average molecular weight is 313 g/mol. The van der Waals surface area contributed by atoms with Gasteiger partial charge >= 0.3 is 5.97 Å². The minimum Gasteiger partial charge on any atom is -0.465 e. The zero-order chi connectivity index (χ0) is 15.9. The van der Waals surface area contributed by atoms with Crippen LogP contribution in [0.4, 0.5) is 0 Å². The third-order valence-corrected chi connectivity index (χ3v) is 3.93. The number of hydrogen-bond acceptors (Lipinski definition) is 6. The Hall–Kier alpha value is -2.39. The fourth-order valence-corrected chi connectivity index (χ4v) is 2.66. The molecule has 2 aromatic rings. The second-order valence-corrected chi connectivity index (χ2v) is 5.74. The maximum absolute atomic E-state index is 11.7. The number of nitriles is 1. The zero-order valence-electron chi connectivity index (χ0n) is 12.3. The Bertz CT molecular complexity index is 698. The summed E-state index contributed by atoms with van der Waals surface area (Å²) < 4.78 is 4.98. The Balaban J connectivity index is 2.30. The van der Waals surface area contributed by atoms with Crippen LogP contribution in [-0.4, -0.2) is 27.8 Å². The fraction of sp³-hybridized carbons (Fsp3) is 0.250. The molecule has 0 aliphatic carbocycles. The molecule has 0 aliphatic heterocycles. The van der Waals surface area contributed by atoms with Gasteiger partial charge in [-0.05, 0) is 38.1 Å². The monoisotopic (exact) mass is 313 g/mol. The molecule has 0 aromatic carbocycles. The summed E-state index contributed by atoms with van der Waals surface area (Å²) in [4.78, 5) is 20.3. The van der Waals surface area contributed by atoms with E-state index >= 15 is 0 Å². The predicted octanol–water partition coefficient (Wildman–Crippen LogP) is 3.06. The first kappa shape index (κ1) is 16.0. The van der Waals surface area contributed by atoms with Crippen LogP contribution >= 0.6 is 11.8 Å². The number of pyridine rings is 2. The highest BCUT2D eigenvalue weighted by atomic mass is 32.2. The van der Waals surface area contributed by atoms with E-state index in [-0.39, 0.29) is 5.97 Å². The molecule has 0 spiro atoms. The first-order valence-electron chi connectivity index (χ1n) is 6.80. The molecule has 2 heterocycles. The third kappa shape index (κ3) is 3.83. The largest absolute Gasteiger partial charge is 0.465 e. The van der Waals surface area contributed by atoms with E-state index in [9.17, 15) is 10.1 Å². The van der Waals surface area contributed by atoms with Crippen molar-refractivity contribution >= 4 is 17.7 Å². The van der Waals surface area contributed by atoms with Crippen LogP contribution in [0.2, 0.25) is 0 Å². The Morgan fingerprint density at radius 3 is 2.91 bits per heavy atom. The molecule has 1 atom stereocenters. The van der Waals surface area contributed by atoms with E-state index in [0.717, 1.165) is 5.56 Å². The number of hydrogen-bond donors (Lipinski definition) is 0. The molecule has 0 fully saturated rings. The lowest BCUT2D eigenvalue weighted by Crippen LogP contribution is -2.17. The lowest BCUT2D eigenvalue weighted by Gasteiger charge is -2.11. The summed E-state index contributed by atoms with van der Waals surface area (Å²) in [6.07, 6.45) is 3.39. The molecule has 0 aliphatic rings. The molecule has 22 heavy (non-hydrogen) atoms. The van der Waals surface area contributed by atoms with Crippen LogP contribution in [0.25, 0.3) is 11.3 Å². The van der Waals surface area contributed by atoms with Crippen LogP contribution in [-0.2, 0) is 9.53 Å². The van der Waals surface area contributed by atoms with Crippen LogP contribution in [0.1, 0.15) is 19.4 Å². The van der Waals surface area contributed by atoms with Gasteiger partial charge in [-0.25, -0.2) is 4.98 Å². The first-order valence-corrected chi connectivity index (χ1v) is 7.68. The van der Waals surface area contributed by atoms with E-state index in [0.29, 0.717) is 22.9 Å². The minimum absolute atomic E-state index is 0.315. The van der Waals surface area contributed by atoms with Crippen molar-refractivity contribution < 1.29 is 9.53 Å². The third-order valence-electron chi connectivity index (χ3n) is 2.84. The highest BCUT2D eigenvalue weighted by Crippen LogP contribution is 2.28. The molecule has 0 saturated heterocycles. The highest BCUT2D eigenvalue weighted by molar-refractivity contribution is 8.00. The van der Waals surface area contributed by atoms with Crippen molar-refractivity contribution in [3.8, 4) is 17.3 Å². The summed E-state index contributed by atoms with van der Waals surface area (Å²) in [5, 5.41) is 9.29. The van der Waals surface area contributed by atoms with Gasteiger partial charge in [-0.15, -0.1) is 0 Å². The van der Waals surface area contributed by atoms with Gasteiger partial charge in [0.05, 0.1) is 17.9 Å². The second kappa shape index (κ2) is 7.57. The van der Waals surface area contributed by atoms with Gasteiger partial charge in [-0.2, -0.15) is 5.26 Å². The summed E-state index contributed by atoms with van der Waals surface area (Å²) in [5.41, 5.74) is 2.01. The van der Waals surface area contributed by atoms with Gasteiger partial charge in [-0.3, -0.25) is 9.78 Å². The van der Waals surface area contributed by atoms with Crippen LogP contribution < -0.4 is 0 Å². The number of thioether (sulfide) groups is 1. The van der Waals surface area contributed by atoms with Crippen molar-refractivity contribution in [3.05, 3.63) is 42.2 Å². The maximum Gasteiger partial charge on any atom is 0.319 e. The van der Waals surface area contributed by atoms with E-state index in [1.807, 2.05) is 12.1 Å². The smallest absolute Gasteiger partial charge is 0.319 e. The summed E-state index contributed by atoms with van der Waals surface area (Å²) in [6, 6.07) is 9.29. The molecule has 1 unspecified atom stereocenters. The molecule has 112 valence electrons. The quantitative estimate of drug-likeness (QED) is 0.624. The lowest BCUT2D eigenvalue weighted by atomic mass is 10.2. The number of nitrogens with zero attached hydrogens (tertiary/aromatic N) is 3. The molecule has 0 amide bonds. The highest BCUT2D eigenvalue weighted by Gasteiger charge is 2.19. The molecule has 5 nitrogen and oxygen atoms in total. The van der Waals surface area contributed by atoms with E-state index in [2.05, 4.69) is 16.0 Å². The van der Waals surface area contributed by atoms with Crippen molar-refractivity contribution in [1.29, 1.82) is 5.26 Å². The summed E-state index contributed by atoms with van der Waals surface area (Å²) >= 11 is 1.22. The van der Waals surface area contributed by atoms with Gasteiger partial charge in [-0.1, -0.05) is 11.8 Å². The summed E-state index contributed by atoms with van der Waals surface area (Å²) in [7, 11) is 0. The van der Waals surface area contributed by atoms with E-state index in [4.69, 9.17) is 4.74 Å². The van der Waals surface area contributed by atoms with Crippen LogP contribution in [0, 0.1) is 11.3 Å². The van der Waals surface area contributed by atoms with Gasteiger partial charge in [0.25, 0.3) is 0 Å². The molecule has 2 rings (SSSR count). The second-order valence-electron chi connectivity index (χ2n) is 4.41. The lowest BCUT2D eigenvalue weighted by molar-refractivity contribution is -0.142. The Morgan fingerprint density at radius 1 is 1.45 bits per heavy atom. The van der Waals surface area contributed by atoms with Crippen LogP contribution in [0.5, 0.6) is 0 Å². The number of ether oxygens (including phenoxy) is 1. The van der Waals surface area contributed by atoms with Crippen molar-refractivity contribution in [1.82, 2.24) is 9.97 Å². The average Bonchev–Trinajstić information content (AvgIpc) is 2.55. The van der Waals surface area contributed by atoms with Gasteiger partial charge < -0.3 is 4.74 Å². The number of rotatable bonds is 5. The van der Waals surface area contributed by atoms with Crippen molar-refractivity contribution in [2.45, 2.75) is 24.1 Å². The van der Waals surface area contributed by atoms with E-state index in [1.54, 1.807) is 38.4 Å². The van der Waals surface area contributed by atoms with E-state index in [1.165, 1.54) is 11.8 Å². The molecular formula is C16H15N3O2S. The van der Waals surface area contributed by atoms with Crippen molar-refractivity contribution in [2.75, 3.05) is 6.61 Å². The van der Waals surface area contributed by atoms with Gasteiger partial charge in [0, 0.05) is 18.0 Å². The number of carbonyl (C=O) groups excluding carboxylic acids is 1. The first-order chi connectivity index (χ1) is 10.7. The SMILES string of the molecule is CCOC(=O)C(C)Sc1nc(-c2cccnc2)ccc1C#N. The van der Waals surface area contributed by atoms with Gasteiger partial charge in [0.2, 0.25) is 0 Å². The number of esters is 1. The molecule has 0 radical (unpaired) electrons. The molecule has 0 N–H and O–H groups in total. The number of carbonyl (C=O) groups is 1. The molecule has 0 saturated carbocycles. The van der Waals surface area contributed by atoms with Crippen LogP contribution in [0.3, 0.4) is 0 Å². The van der Waals surface area contributed by atoms with Crippen LogP contribution in [0.15, 0.2) is 41.7 Å². The van der Waals surface area contributed by atoms with Crippen molar-refractivity contribution in [3.63, 3.8) is 0 Å². The zero-order valence-corrected chi connectivity index (χ0v) is 13.1. The maximum atomic E-state index is 11.7. The topological polar surface area (TPSA) is 75.9 Å². The molecule has 2 aromatic heterocycles. The fourth-order valence-electron chi connectivity index (χ4n) is 1.77. The standard InChI is InChI=1S/C16H15N3O2S/c1-3-21-16(20)11(2)22-15-12(9-17)6-7-14(19-15)13-5-4-8-18-10-13/h4-8,10-11H,3H2,1-2H3. The number of aromatic nitrogens is 2. The van der Waals surface area contributed by atoms with Gasteiger partial charge in [0.15, 0.2) is 0 Å². The predicted molar refractivity (Wildman–Crippen MR) is 84.1 cm³/mol. The Morgan fingerprint density at radius 2 is 2.27 bits per heavy atom. The normalized spacial score (nSPS) is 11.5. The summed E-state index contributed by atoms with van der Waals surface area (Å²) in [6.45, 7) is 3.83. The minimum atomic E-state index is -0.427.